The molecular formula is C16H34N2. The van der Waals surface area contributed by atoms with E-state index in [1.54, 1.807) is 0 Å². The van der Waals surface area contributed by atoms with Gasteiger partial charge in [0.05, 0.1) is 0 Å². The molecule has 0 aromatic rings. The predicted octanol–water partition coefficient (Wildman–Crippen LogP) is 3.47. The summed E-state index contributed by atoms with van der Waals surface area (Å²) in [6, 6.07) is 1.51. The molecule has 1 saturated heterocycles. The highest BCUT2D eigenvalue weighted by atomic mass is 15.3. The molecule has 0 aromatic carbocycles. The Kier molecular flexibility index (Phi) is 6.65. The third kappa shape index (κ3) is 5.27. The fourth-order valence-electron chi connectivity index (χ4n) is 3.28. The highest BCUT2D eigenvalue weighted by molar-refractivity contribution is 4.80. The Bertz CT molecular complexity index is 193. The van der Waals surface area contributed by atoms with E-state index in [1.807, 2.05) is 0 Å². The minimum atomic E-state index is 0.757. The van der Waals surface area contributed by atoms with E-state index in [0.717, 1.165) is 23.9 Å². The number of nitrogens with zero attached hydrogens (tertiary/aromatic N) is 2. The highest BCUT2D eigenvalue weighted by Crippen LogP contribution is 2.17. The van der Waals surface area contributed by atoms with Crippen LogP contribution in [0.3, 0.4) is 0 Å². The molecule has 108 valence electrons. The van der Waals surface area contributed by atoms with E-state index >= 15 is 0 Å². The zero-order valence-corrected chi connectivity index (χ0v) is 13.4. The van der Waals surface area contributed by atoms with Crippen LogP contribution >= 0.6 is 0 Å². The second-order valence-electron chi connectivity index (χ2n) is 7.03. The summed E-state index contributed by atoms with van der Waals surface area (Å²) in [5.74, 6) is 1.63. The van der Waals surface area contributed by atoms with E-state index in [1.165, 1.54) is 39.0 Å². The molecular weight excluding hydrogens is 220 g/mol. The van der Waals surface area contributed by atoms with E-state index < -0.39 is 0 Å². The van der Waals surface area contributed by atoms with E-state index in [9.17, 15) is 0 Å². The minimum Gasteiger partial charge on any atom is -0.298 e. The Balaban J connectivity index is 2.31. The van der Waals surface area contributed by atoms with E-state index in [2.05, 4.69) is 51.3 Å². The van der Waals surface area contributed by atoms with Crippen LogP contribution in [0.15, 0.2) is 0 Å². The van der Waals surface area contributed by atoms with E-state index in [0.29, 0.717) is 0 Å². The molecule has 2 atom stereocenters. The summed E-state index contributed by atoms with van der Waals surface area (Å²) in [6.45, 7) is 19.2. The number of hydrogen-bond acceptors (Lipinski definition) is 2. The van der Waals surface area contributed by atoms with Crippen molar-refractivity contribution in [3.8, 4) is 0 Å². The zero-order valence-electron chi connectivity index (χ0n) is 13.4. The maximum absolute atomic E-state index is 2.68. The molecule has 0 spiro atoms. The first-order chi connectivity index (χ1) is 8.40. The van der Waals surface area contributed by atoms with Gasteiger partial charge in [-0.05, 0) is 38.5 Å². The summed E-state index contributed by atoms with van der Waals surface area (Å²) in [5.41, 5.74) is 0. The molecule has 1 fully saturated rings. The molecule has 1 aliphatic rings. The van der Waals surface area contributed by atoms with Crippen molar-refractivity contribution < 1.29 is 0 Å². The zero-order chi connectivity index (χ0) is 13.7. The van der Waals surface area contributed by atoms with Gasteiger partial charge in [-0.2, -0.15) is 0 Å². The van der Waals surface area contributed by atoms with E-state index in [4.69, 9.17) is 0 Å². The Labute approximate surface area is 115 Å². The van der Waals surface area contributed by atoms with Crippen molar-refractivity contribution in [2.24, 2.45) is 11.8 Å². The summed E-state index contributed by atoms with van der Waals surface area (Å²) in [5, 5.41) is 0. The van der Waals surface area contributed by atoms with Crippen molar-refractivity contribution in [3.63, 3.8) is 0 Å². The van der Waals surface area contributed by atoms with Gasteiger partial charge in [0.2, 0.25) is 0 Å². The maximum Gasteiger partial charge on any atom is 0.0113 e. The smallest absolute Gasteiger partial charge is 0.0113 e. The van der Waals surface area contributed by atoms with Crippen LogP contribution in [0.1, 0.15) is 54.4 Å². The Morgan fingerprint density at radius 3 is 1.11 bits per heavy atom. The van der Waals surface area contributed by atoms with Gasteiger partial charge in [-0.25, -0.2) is 0 Å². The predicted molar refractivity (Wildman–Crippen MR) is 81.0 cm³/mol. The summed E-state index contributed by atoms with van der Waals surface area (Å²) in [7, 11) is 0. The third-order valence-corrected chi connectivity index (χ3v) is 4.22. The van der Waals surface area contributed by atoms with Gasteiger partial charge in [0, 0.05) is 38.3 Å². The summed E-state index contributed by atoms with van der Waals surface area (Å²) in [4.78, 5) is 5.36. The van der Waals surface area contributed by atoms with Gasteiger partial charge in [-0.1, -0.05) is 27.7 Å². The molecule has 2 unspecified atom stereocenters. The van der Waals surface area contributed by atoms with Gasteiger partial charge in [0.15, 0.2) is 0 Å². The lowest BCUT2D eigenvalue weighted by atomic mass is 10.0. The second-order valence-corrected chi connectivity index (χ2v) is 7.03. The molecule has 2 heteroatoms. The van der Waals surface area contributed by atoms with Gasteiger partial charge >= 0.3 is 0 Å². The number of piperazine rings is 1. The van der Waals surface area contributed by atoms with Crippen molar-refractivity contribution in [2.75, 3.05) is 26.2 Å². The van der Waals surface area contributed by atoms with Crippen molar-refractivity contribution in [1.29, 1.82) is 0 Å². The van der Waals surface area contributed by atoms with Gasteiger partial charge in [-0.3, -0.25) is 9.80 Å². The molecule has 1 aliphatic heterocycles. The minimum absolute atomic E-state index is 0.757. The molecule has 0 N–H and O–H groups in total. The van der Waals surface area contributed by atoms with Crippen molar-refractivity contribution in [3.05, 3.63) is 0 Å². The molecule has 0 bridgehead atoms. The monoisotopic (exact) mass is 254 g/mol. The number of hydrogen-bond donors (Lipinski definition) is 0. The first-order valence-electron chi connectivity index (χ1n) is 7.88. The SMILES string of the molecule is CC(C)CC(C)N1CCN(C(C)CC(C)C)CC1. The maximum atomic E-state index is 2.68. The quantitative estimate of drug-likeness (QED) is 0.716. The molecule has 0 radical (unpaired) electrons. The Hall–Kier alpha value is -0.0800. The average Bonchev–Trinajstić information content (AvgIpc) is 2.27. The van der Waals surface area contributed by atoms with Gasteiger partial charge in [0.25, 0.3) is 0 Å². The summed E-state index contributed by atoms with van der Waals surface area (Å²) >= 11 is 0. The standard InChI is InChI=1S/C16H34N2/c1-13(2)11-15(5)17-7-9-18(10-8-17)16(6)12-14(3)4/h13-16H,7-12H2,1-6H3. The van der Waals surface area contributed by atoms with E-state index in [-0.39, 0.29) is 0 Å². The highest BCUT2D eigenvalue weighted by Gasteiger charge is 2.24. The molecule has 0 aliphatic carbocycles. The van der Waals surface area contributed by atoms with Gasteiger partial charge in [-0.15, -0.1) is 0 Å². The fraction of sp³-hybridized carbons (Fsp3) is 1.00. The number of rotatable bonds is 6. The first kappa shape index (κ1) is 16.0. The van der Waals surface area contributed by atoms with Crippen LogP contribution in [0.5, 0.6) is 0 Å². The molecule has 1 heterocycles. The fourth-order valence-corrected chi connectivity index (χ4v) is 3.28. The van der Waals surface area contributed by atoms with Gasteiger partial charge in [0.1, 0.15) is 0 Å². The molecule has 0 aromatic heterocycles. The summed E-state index contributed by atoms with van der Waals surface area (Å²) < 4.78 is 0. The Morgan fingerprint density at radius 2 is 0.889 bits per heavy atom. The van der Waals surface area contributed by atoms with Crippen LogP contribution in [-0.2, 0) is 0 Å². The summed E-state index contributed by atoms with van der Waals surface area (Å²) in [6.07, 6.45) is 2.67. The second kappa shape index (κ2) is 7.49. The van der Waals surface area contributed by atoms with Crippen LogP contribution in [0.25, 0.3) is 0 Å². The van der Waals surface area contributed by atoms with Crippen LogP contribution in [0, 0.1) is 11.8 Å². The van der Waals surface area contributed by atoms with Crippen molar-refractivity contribution in [1.82, 2.24) is 9.80 Å². The lowest BCUT2D eigenvalue weighted by Gasteiger charge is -2.41. The molecule has 18 heavy (non-hydrogen) atoms. The Morgan fingerprint density at radius 1 is 0.611 bits per heavy atom. The average molecular weight is 254 g/mol. The normalized spacial score (nSPS) is 22.7. The first-order valence-corrected chi connectivity index (χ1v) is 7.88. The lowest BCUT2D eigenvalue weighted by Crippen LogP contribution is -2.52. The molecule has 2 nitrogen and oxygen atoms in total. The van der Waals surface area contributed by atoms with Crippen LogP contribution < -0.4 is 0 Å². The van der Waals surface area contributed by atoms with Gasteiger partial charge < -0.3 is 0 Å². The van der Waals surface area contributed by atoms with Crippen LogP contribution in [-0.4, -0.2) is 48.1 Å². The molecule has 0 amide bonds. The van der Waals surface area contributed by atoms with Crippen LogP contribution in [0.2, 0.25) is 0 Å². The topological polar surface area (TPSA) is 6.48 Å². The lowest BCUT2D eigenvalue weighted by molar-refractivity contribution is 0.0663. The largest absolute Gasteiger partial charge is 0.298 e. The third-order valence-electron chi connectivity index (χ3n) is 4.22. The van der Waals surface area contributed by atoms with Crippen molar-refractivity contribution in [2.45, 2.75) is 66.5 Å². The molecule has 1 rings (SSSR count). The van der Waals surface area contributed by atoms with Crippen LogP contribution in [0.4, 0.5) is 0 Å². The van der Waals surface area contributed by atoms with Crippen molar-refractivity contribution >= 4 is 0 Å². The molecule has 0 saturated carbocycles.